The highest BCUT2D eigenvalue weighted by atomic mass is 32.1. The van der Waals surface area contributed by atoms with Crippen molar-refractivity contribution in [3.05, 3.63) is 136 Å². The van der Waals surface area contributed by atoms with E-state index in [1.54, 1.807) is 0 Å². The molecule has 6 aromatic rings. The molecule has 0 amide bonds. The van der Waals surface area contributed by atoms with Crippen molar-refractivity contribution in [2.24, 2.45) is 0 Å². The summed E-state index contributed by atoms with van der Waals surface area (Å²) in [6.45, 7) is 6.18. The molecule has 0 saturated carbocycles. The molecule has 1 aliphatic rings. The summed E-state index contributed by atoms with van der Waals surface area (Å²) in [4.78, 5) is 2.66. The Labute approximate surface area is 227 Å². The topological polar surface area (TPSA) is 0 Å². The Kier molecular flexibility index (Phi) is 5.60. The summed E-state index contributed by atoms with van der Waals surface area (Å²) in [6, 6.07) is 33.6. The van der Waals surface area contributed by atoms with Gasteiger partial charge in [-0.05, 0) is 97.6 Å². The molecule has 0 bridgehead atoms. The number of fused-ring (bicyclic) bond motifs is 7. The molecule has 0 N–H and O–H groups in total. The minimum Gasteiger partial charge on any atom is -0.135 e. The molecule has 0 spiro atoms. The van der Waals surface area contributed by atoms with Gasteiger partial charge in [0.1, 0.15) is 0 Å². The van der Waals surface area contributed by atoms with Crippen LogP contribution in [0, 0.1) is 0 Å². The van der Waals surface area contributed by atoms with E-state index in [-0.39, 0.29) is 0 Å². The summed E-state index contributed by atoms with van der Waals surface area (Å²) in [5, 5.41) is 7.88. The van der Waals surface area contributed by atoms with Crippen LogP contribution in [0.1, 0.15) is 39.8 Å². The number of benzene rings is 5. The number of hydrogen-bond acceptors (Lipinski definition) is 1. The number of rotatable bonds is 4. The summed E-state index contributed by atoms with van der Waals surface area (Å²) in [6.07, 6.45) is 11.0. The first-order chi connectivity index (χ1) is 18.8. The predicted octanol–water partition coefficient (Wildman–Crippen LogP) is 10.9. The first-order valence-corrected chi connectivity index (χ1v) is 14.1. The lowest BCUT2D eigenvalue weighted by molar-refractivity contribution is 0.986. The van der Waals surface area contributed by atoms with Crippen LogP contribution in [0.25, 0.3) is 61.2 Å². The minimum atomic E-state index is 1.07. The molecule has 0 saturated heterocycles. The maximum absolute atomic E-state index is 4.09. The quantitative estimate of drug-likeness (QED) is 0.209. The molecule has 0 nitrogen and oxygen atoms in total. The van der Waals surface area contributed by atoms with E-state index in [1.165, 1.54) is 75.5 Å². The lowest BCUT2D eigenvalue weighted by atomic mass is 9.89. The van der Waals surface area contributed by atoms with Gasteiger partial charge in [-0.1, -0.05) is 110 Å². The number of hydrogen-bond donors (Lipinski definition) is 0. The van der Waals surface area contributed by atoms with Crippen molar-refractivity contribution in [3.8, 4) is 11.1 Å². The zero-order valence-electron chi connectivity index (χ0n) is 21.5. The molecule has 1 heteroatoms. The Morgan fingerprint density at radius 1 is 0.684 bits per heavy atom. The van der Waals surface area contributed by atoms with Crippen LogP contribution in [0.15, 0.2) is 110 Å². The molecule has 1 heterocycles. The van der Waals surface area contributed by atoms with Crippen LogP contribution in [-0.2, 0) is 6.42 Å². The van der Waals surface area contributed by atoms with Gasteiger partial charge in [-0.25, -0.2) is 0 Å². The van der Waals surface area contributed by atoms with Crippen LogP contribution >= 0.6 is 11.3 Å². The van der Waals surface area contributed by atoms with Gasteiger partial charge in [0.05, 0.1) is 0 Å². The zero-order valence-corrected chi connectivity index (χ0v) is 22.3. The molecule has 0 fully saturated rings. The smallest absolute Gasteiger partial charge is 0.0390 e. The van der Waals surface area contributed by atoms with Crippen molar-refractivity contribution < 1.29 is 0 Å². The van der Waals surface area contributed by atoms with Crippen LogP contribution in [-0.4, -0.2) is 0 Å². The average molecular weight is 505 g/mol. The highest BCUT2D eigenvalue weighted by molar-refractivity contribution is 7.14. The van der Waals surface area contributed by atoms with Crippen LogP contribution in [0.5, 0.6) is 0 Å². The van der Waals surface area contributed by atoms with Crippen molar-refractivity contribution >= 4 is 61.4 Å². The van der Waals surface area contributed by atoms with Crippen LogP contribution < -0.4 is 0 Å². The van der Waals surface area contributed by atoms with Gasteiger partial charge in [-0.3, -0.25) is 0 Å². The van der Waals surface area contributed by atoms with Gasteiger partial charge in [0, 0.05) is 9.75 Å². The van der Waals surface area contributed by atoms with E-state index in [1.807, 2.05) is 17.4 Å². The van der Waals surface area contributed by atoms with E-state index in [0.717, 1.165) is 12.8 Å². The third-order valence-corrected chi connectivity index (χ3v) is 9.11. The third kappa shape index (κ3) is 3.58. The summed E-state index contributed by atoms with van der Waals surface area (Å²) in [5.41, 5.74) is 7.96. The maximum Gasteiger partial charge on any atom is 0.0390 e. The largest absolute Gasteiger partial charge is 0.135 e. The van der Waals surface area contributed by atoms with Gasteiger partial charge in [-0.15, -0.1) is 11.3 Å². The maximum atomic E-state index is 4.09. The molecule has 0 atom stereocenters. The molecule has 1 aliphatic carbocycles. The molecule has 38 heavy (non-hydrogen) atoms. The van der Waals surface area contributed by atoms with Gasteiger partial charge in [0.25, 0.3) is 0 Å². The summed E-state index contributed by atoms with van der Waals surface area (Å²) in [7, 11) is 0. The van der Waals surface area contributed by atoms with E-state index < -0.39 is 0 Å². The van der Waals surface area contributed by atoms with Crippen molar-refractivity contribution in [2.75, 3.05) is 0 Å². The monoisotopic (exact) mass is 504 g/mol. The number of thiophene rings is 1. The Balaban J connectivity index is 1.38. The minimum absolute atomic E-state index is 1.07. The summed E-state index contributed by atoms with van der Waals surface area (Å²) < 4.78 is 0. The fourth-order valence-electron chi connectivity index (χ4n) is 6.12. The standard InChI is InChI=1S/C37H28S/c1-3-11-33-34-19-10-18-27(37(34)38-36(33)4-2)26-13-9-12-24(22-26)25-20-21-32-30-16-6-5-14-28(30)29-15-7-8-17-31(29)35(32)23-25/h3-9,11-18,20-23H,2,10,19H2,1H3/b11-3-. The van der Waals surface area contributed by atoms with Crippen molar-refractivity contribution in [1.82, 2.24) is 0 Å². The fraction of sp³-hybridized carbons (Fsp3) is 0.0811. The second kappa shape index (κ2) is 9.28. The van der Waals surface area contributed by atoms with Crippen LogP contribution in [0.2, 0.25) is 0 Å². The van der Waals surface area contributed by atoms with Crippen molar-refractivity contribution in [2.45, 2.75) is 19.8 Å². The van der Waals surface area contributed by atoms with E-state index in [0.29, 0.717) is 0 Å². The van der Waals surface area contributed by atoms with Gasteiger partial charge >= 0.3 is 0 Å². The van der Waals surface area contributed by atoms with Crippen molar-refractivity contribution in [1.29, 1.82) is 0 Å². The van der Waals surface area contributed by atoms with Gasteiger partial charge in [0.15, 0.2) is 0 Å². The SMILES string of the molecule is C=Cc1sc2c(c1/C=C\C)CCC=C2c1cccc(-c2ccc3c4ccccc4c4ccccc4c3c2)c1. The third-order valence-electron chi connectivity index (χ3n) is 7.83. The number of allylic oxidation sites excluding steroid dienone is 2. The van der Waals surface area contributed by atoms with E-state index >= 15 is 0 Å². The Bertz CT molecular complexity index is 1910. The molecule has 0 aliphatic heterocycles. The van der Waals surface area contributed by atoms with Gasteiger partial charge in [-0.2, -0.15) is 0 Å². The lowest BCUT2D eigenvalue weighted by Crippen LogP contribution is -1.99. The first kappa shape index (κ1) is 23.0. The first-order valence-electron chi connectivity index (χ1n) is 13.3. The second-order valence-electron chi connectivity index (χ2n) is 9.98. The van der Waals surface area contributed by atoms with Gasteiger partial charge in [0.2, 0.25) is 0 Å². The summed E-state index contributed by atoms with van der Waals surface area (Å²) >= 11 is 1.87. The van der Waals surface area contributed by atoms with Crippen LogP contribution in [0.3, 0.4) is 0 Å². The zero-order chi connectivity index (χ0) is 25.6. The molecule has 182 valence electrons. The van der Waals surface area contributed by atoms with E-state index in [9.17, 15) is 0 Å². The fourth-order valence-corrected chi connectivity index (χ4v) is 7.37. The van der Waals surface area contributed by atoms with Crippen LogP contribution in [0.4, 0.5) is 0 Å². The molecule has 1 aromatic heterocycles. The summed E-state index contributed by atoms with van der Waals surface area (Å²) in [5.74, 6) is 0. The van der Waals surface area contributed by atoms with E-state index in [4.69, 9.17) is 0 Å². The highest BCUT2D eigenvalue weighted by Gasteiger charge is 2.22. The lowest BCUT2D eigenvalue weighted by Gasteiger charge is -2.16. The molecular formula is C37H28S. The van der Waals surface area contributed by atoms with E-state index in [2.05, 4.69) is 123 Å². The Morgan fingerprint density at radius 2 is 1.32 bits per heavy atom. The Morgan fingerprint density at radius 3 is 2.00 bits per heavy atom. The second-order valence-corrected chi connectivity index (χ2v) is 11.0. The molecule has 7 rings (SSSR count). The highest BCUT2D eigenvalue weighted by Crippen LogP contribution is 2.43. The predicted molar refractivity (Wildman–Crippen MR) is 169 cm³/mol. The Hall–Kier alpha value is -4.20. The molecule has 0 unspecified atom stereocenters. The normalized spacial score (nSPS) is 13.3. The van der Waals surface area contributed by atoms with Crippen molar-refractivity contribution in [3.63, 3.8) is 0 Å². The molecule has 0 radical (unpaired) electrons. The average Bonchev–Trinajstić information content (AvgIpc) is 3.35. The van der Waals surface area contributed by atoms with Gasteiger partial charge < -0.3 is 0 Å². The molecular weight excluding hydrogens is 476 g/mol. The molecule has 5 aromatic carbocycles.